The number of aliphatic hydroxyl groups excluding tert-OH is 1. The molecule has 0 radical (unpaired) electrons. The molecule has 0 aromatic heterocycles. The number of para-hydroxylation sites is 1. The molecule has 5 nitrogen and oxygen atoms in total. The van der Waals surface area contributed by atoms with Crippen molar-refractivity contribution in [2.45, 2.75) is 44.8 Å². The first-order chi connectivity index (χ1) is 13.5. The van der Waals surface area contributed by atoms with Crippen molar-refractivity contribution < 1.29 is 14.6 Å². The van der Waals surface area contributed by atoms with Gasteiger partial charge in [0, 0.05) is 25.7 Å². The van der Waals surface area contributed by atoms with Gasteiger partial charge in [-0.1, -0.05) is 24.3 Å². The number of carbonyl (C=O) groups excluding carboxylic acids is 1. The molecule has 0 bridgehead atoms. The van der Waals surface area contributed by atoms with Crippen molar-refractivity contribution in [3.63, 3.8) is 0 Å². The minimum Gasteiger partial charge on any atom is -0.491 e. The molecule has 1 aliphatic carbocycles. The van der Waals surface area contributed by atoms with E-state index in [1.807, 2.05) is 42.5 Å². The van der Waals surface area contributed by atoms with Gasteiger partial charge in [-0.05, 0) is 67.0 Å². The van der Waals surface area contributed by atoms with Crippen LogP contribution in [0.25, 0.3) is 0 Å². The molecule has 0 saturated carbocycles. The van der Waals surface area contributed by atoms with Gasteiger partial charge in [0.2, 0.25) is 5.91 Å². The number of rotatable bonds is 6. The van der Waals surface area contributed by atoms with Crippen molar-refractivity contribution in [3.8, 4) is 5.75 Å². The molecular formula is C23H30N2O3. The van der Waals surface area contributed by atoms with Gasteiger partial charge < -0.3 is 20.5 Å². The summed E-state index contributed by atoms with van der Waals surface area (Å²) in [5, 5.41) is 10.5. The minimum absolute atomic E-state index is 0.00724. The third-order valence-corrected chi connectivity index (χ3v) is 5.64. The van der Waals surface area contributed by atoms with E-state index in [1.54, 1.807) is 18.9 Å². The third-order valence-electron chi connectivity index (χ3n) is 5.64. The highest BCUT2D eigenvalue weighted by molar-refractivity contribution is 5.91. The number of benzene rings is 2. The molecule has 0 aliphatic heterocycles. The quantitative estimate of drug-likeness (QED) is 0.751. The second-order valence-corrected chi connectivity index (χ2v) is 7.65. The van der Waals surface area contributed by atoms with E-state index < -0.39 is 6.10 Å². The number of fused-ring (bicyclic) bond motifs is 1. The standard InChI is InChI=1S/C23H30N2O3/c1-16(26)25(2)19-12-11-17-7-6-8-18(23(24)22(17)14-19)13-20(27)15-28-21-9-4-3-5-10-21/h3-5,9-12,14,18,20,23,27H,6-8,13,15,24H2,1-2H3/t18?,20-,23?/m0/s1. The molecule has 0 fully saturated rings. The summed E-state index contributed by atoms with van der Waals surface area (Å²) in [5.74, 6) is 0.926. The Morgan fingerprint density at radius 3 is 2.75 bits per heavy atom. The van der Waals surface area contributed by atoms with E-state index >= 15 is 0 Å². The molecule has 3 N–H and O–H groups in total. The molecule has 2 unspecified atom stereocenters. The summed E-state index contributed by atoms with van der Waals surface area (Å²) in [6.45, 7) is 1.81. The number of amides is 1. The smallest absolute Gasteiger partial charge is 0.223 e. The van der Waals surface area contributed by atoms with Crippen LogP contribution < -0.4 is 15.4 Å². The minimum atomic E-state index is -0.569. The lowest BCUT2D eigenvalue weighted by molar-refractivity contribution is -0.116. The van der Waals surface area contributed by atoms with Crippen LogP contribution >= 0.6 is 0 Å². The predicted octanol–water partition coefficient (Wildman–Crippen LogP) is 3.45. The molecule has 5 heteroatoms. The van der Waals surface area contributed by atoms with Gasteiger partial charge in [0.1, 0.15) is 12.4 Å². The SMILES string of the molecule is CC(=O)N(C)c1ccc2c(c1)C(N)C(C[C@H](O)COc1ccccc1)CCC2. The summed E-state index contributed by atoms with van der Waals surface area (Å²) in [6, 6.07) is 15.5. The molecule has 3 atom stereocenters. The van der Waals surface area contributed by atoms with Crippen molar-refractivity contribution in [1.29, 1.82) is 0 Å². The third kappa shape index (κ3) is 4.91. The number of carbonyl (C=O) groups is 1. The van der Waals surface area contributed by atoms with E-state index in [2.05, 4.69) is 6.07 Å². The Labute approximate surface area is 167 Å². The molecule has 0 heterocycles. The fraction of sp³-hybridized carbons (Fsp3) is 0.435. The van der Waals surface area contributed by atoms with Gasteiger partial charge in [0.05, 0.1) is 6.10 Å². The van der Waals surface area contributed by atoms with Gasteiger partial charge in [-0.25, -0.2) is 0 Å². The average molecular weight is 383 g/mol. The summed E-state index contributed by atoms with van der Waals surface area (Å²) in [5.41, 5.74) is 9.82. The Balaban J connectivity index is 1.68. The highest BCUT2D eigenvalue weighted by Crippen LogP contribution is 2.36. The summed E-state index contributed by atoms with van der Waals surface area (Å²) in [6.07, 6.45) is 3.01. The number of hydrogen-bond acceptors (Lipinski definition) is 4. The van der Waals surface area contributed by atoms with Crippen molar-refractivity contribution in [2.24, 2.45) is 11.7 Å². The second kappa shape index (κ2) is 9.22. The maximum absolute atomic E-state index is 11.7. The largest absolute Gasteiger partial charge is 0.491 e. The number of nitrogens with zero attached hydrogens (tertiary/aromatic N) is 1. The van der Waals surface area contributed by atoms with Crippen LogP contribution in [0.2, 0.25) is 0 Å². The summed E-state index contributed by atoms with van der Waals surface area (Å²) in [4.78, 5) is 13.3. The molecule has 1 aliphatic rings. The number of aliphatic hydroxyl groups is 1. The fourth-order valence-electron chi connectivity index (χ4n) is 3.89. The maximum Gasteiger partial charge on any atom is 0.223 e. The molecular weight excluding hydrogens is 352 g/mol. The van der Waals surface area contributed by atoms with Crippen LogP contribution in [0.5, 0.6) is 5.75 Å². The van der Waals surface area contributed by atoms with E-state index in [0.29, 0.717) is 6.42 Å². The second-order valence-electron chi connectivity index (χ2n) is 7.65. The number of aryl methyl sites for hydroxylation is 1. The van der Waals surface area contributed by atoms with Crippen molar-refractivity contribution in [2.75, 3.05) is 18.6 Å². The molecule has 3 rings (SSSR count). The lowest BCUT2D eigenvalue weighted by atomic mass is 9.87. The molecule has 2 aromatic rings. The first-order valence-corrected chi connectivity index (χ1v) is 9.94. The van der Waals surface area contributed by atoms with Crippen LogP contribution in [0, 0.1) is 5.92 Å². The van der Waals surface area contributed by atoms with Crippen LogP contribution in [0.3, 0.4) is 0 Å². The summed E-state index contributed by atoms with van der Waals surface area (Å²) in [7, 11) is 1.77. The zero-order valence-corrected chi connectivity index (χ0v) is 16.7. The molecule has 0 spiro atoms. The Kier molecular flexibility index (Phi) is 6.70. The monoisotopic (exact) mass is 382 g/mol. The summed E-state index contributed by atoms with van der Waals surface area (Å²) >= 11 is 0. The van der Waals surface area contributed by atoms with Crippen LogP contribution in [-0.2, 0) is 11.2 Å². The van der Waals surface area contributed by atoms with Gasteiger partial charge >= 0.3 is 0 Å². The van der Waals surface area contributed by atoms with Crippen LogP contribution in [-0.4, -0.2) is 30.8 Å². The number of ether oxygens (including phenoxy) is 1. The number of anilines is 1. The van der Waals surface area contributed by atoms with E-state index in [1.165, 1.54) is 5.56 Å². The van der Waals surface area contributed by atoms with Gasteiger partial charge in [0.15, 0.2) is 0 Å². The molecule has 28 heavy (non-hydrogen) atoms. The normalized spacial score (nSPS) is 20.0. The van der Waals surface area contributed by atoms with Crippen LogP contribution in [0.15, 0.2) is 48.5 Å². The Bertz CT molecular complexity index is 794. The van der Waals surface area contributed by atoms with Crippen molar-refractivity contribution in [3.05, 3.63) is 59.7 Å². The topological polar surface area (TPSA) is 75.8 Å². The highest BCUT2D eigenvalue weighted by atomic mass is 16.5. The van der Waals surface area contributed by atoms with E-state index in [-0.39, 0.29) is 24.5 Å². The lowest BCUT2D eigenvalue weighted by Gasteiger charge is -2.26. The Hall–Kier alpha value is -2.37. The fourth-order valence-corrected chi connectivity index (χ4v) is 3.89. The van der Waals surface area contributed by atoms with E-state index in [4.69, 9.17) is 10.5 Å². The molecule has 150 valence electrons. The zero-order chi connectivity index (χ0) is 20.1. The van der Waals surface area contributed by atoms with Gasteiger partial charge in [0.25, 0.3) is 0 Å². The van der Waals surface area contributed by atoms with E-state index in [9.17, 15) is 9.90 Å². The zero-order valence-electron chi connectivity index (χ0n) is 16.7. The molecule has 0 saturated heterocycles. The maximum atomic E-state index is 11.7. The van der Waals surface area contributed by atoms with Crippen LogP contribution in [0.4, 0.5) is 5.69 Å². The highest BCUT2D eigenvalue weighted by Gasteiger charge is 2.27. The lowest BCUT2D eigenvalue weighted by Crippen LogP contribution is -2.28. The van der Waals surface area contributed by atoms with Crippen molar-refractivity contribution in [1.82, 2.24) is 0 Å². The first-order valence-electron chi connectivity index (χ1n) is 9.94. The Morgan fingerprint density at radius 2 is 2.04 bits per heavy atom. The van der Waals surface area contributed by atoms with Crippen LogP contribution in [0.1, 0.15) is 43.4 Å². The van der Waals surface area contributed by atoms with Gasteiger partial charge in [-0.2, -0.15) is 0 Å². The predicted molar refractivity (Wildman–Crippen MR) is 111 cm³/mol. The van der Waals surface area contributed by atoms with Crippen molar-refractivity contribution >= 4 is 11.6 Å². The molecule has 2 aromatic carbocycles. The van der Waals surface area contributed by atoms with Gasteiger partial charge in [-0.15, -0.1) is 0 Å². The summed E-state index contributed by atoms with van der Waals surface area (Å²) < 4.78 is 5.69. The van der Waals surface area contributed by atoms with Gasteiger partial charge in [-0.3, -0.25) is 4.79 Å². The number of hydrogen-bond donors (Lipinski definition) is 2. The van der Waals surface area contributed by atoms with E-state index in [0.717, 1.165) is 36.3 Å². The first kappa shape index (κ1) is 20.4. The average Bonchev–Trinajstić information content (AvgIpc) is 2.85. The molecule has 1 amide bonds. The number of nitrogens with two attached hydrogens (primary N) is 1. The Morgan fingerprint density at radius 1 is 1.29 bits per heavy atom.